The van der Waals surface area contributed by atoms with E-state index in [2.05, 4.69) is 13.8 Å². The van der Waals surface area contributed by atoms with Crippen molar-refractivity contribution in [1.82, 2.24) is 4.90 Å². The fourth-order valence-electron chi connectivity index (χ4n) is 2.62. The molecule has 0 aliphatic carbocycles. The first kappa shape index (κ1) is 19.3. The zero-order valence-electron chi connectivity index (χ0n) is 15.5. The molecule has 0 N–H and O–H groups in total. The van der Waals surface area contributed by atoms with Crippen LogP contribution >= 0.6 is 11.3 Å². The summed E-state index contributed by atoms with van der Waals surface area (Å²) in [6.45, 7) is 8.09. The van der Waals surface area contributed by atoms with Gasteiger partial charge in [-0.1, -0.05) is 19.9 Å². The number of ether oxygens (including phenoxy) is 2. The Bertz CT molecular complexity index is 696. The van der Waals surface area contributed by atoms with Gasteiger partial charge in [-0.3, -0.25) is 4.79 Å². The third-order valence-electron chi connectivity index (χ3n) is 3.90. The van der Waals surface area contributed by atoms with Crippen molar-refractivity contribution in [3.05, 3.63) is 45.6 Å². The molecular formula is C20H27NO3S. The topological polar surface area (TPSA) is 38.8 Å². The summed E-state index contributed by atoms with van der Waals surface area (Å²) in [4.78, 5) is 15.6. The van der Waals surface area contributed by atoms with E-state index in [-0.39, 0.29) is 5.91 Å². The molecule has 0 fully saturated rings. The first-order chi connectivity index (χ1) is 12.1. The molecule has 5 heteroatoms. The van der Waals surface area contributed by atoms with E-state index in [0.717, 1.165) is 41.1 Å². The quantitative estimate of drug-likeness (QED) is 0.637. The van der Waals surface area contributed by atoms with Crippen molar-refractivity contribution in [2.24, 2.45) is 0 Å². The fraction of sp³-hybridized carbons (Fsp3) is 0.450. The van der Waals surface area contributed by atoms with Crippen LogP contribution in [-0.2, 0) is 6.54 Å². The van der Waals surface area contributed by atoms with E-state index in [0.29, 0.717) is 18.9 Å². The molecule has 136 valence electrons. The number of amides is 1. The molecular weight excluding hydrogens is 334 g/mol. The number of methoxy groups -OCH3 is 1. The molecule has 0 bridgehead atoms. The monoisotopic (exact) mass is 361 g/mol. The van der Waals surface area contributed by atoms with Gasteiger partial charge in [0.05, 0.1) is 18.6 Å². The minimum atomic E-state index is 0.0969. The Labute approximate surface area is 154 Å². The zero-order chi connectivity index (χ0) is 18.2. The van der Waals surface area contributed by atoms with Crippen LogP contribution in [0, 0.1) is 6.92 Å². The van der Waals surface area contributed by atoms with Crippen LogP contribution in [-0.4, -0.2) is 31.1 Å². The van der Waals surface area contributed by atoms with Crippen molar-refractivity contribution < 1.29 is 14.3 Å². The number of aryl methyl sites for hydroxylation is 1. The van der Waals surface area contributed by atoms with Crippen molar-refractivity contribution in [2.45, 2.75) is 40.2 Å². The highest BCUT2D eigenvalue weighted by atomic mass is 32.1. The van der Waals surface area contributed by atoms with Crippen LogP contribution in [0.2, 0.25) is 0 Å². The standard InChI is InChI=1S/C20H27NO3S/c1-5-10-21(20(22)19-15(3)9-12-25-19)14-16-7-8-17(24-11-6-2)18(13-16)23-4/h7-9,12-13H,5-6,10-11,14H2,1-4H3. The molecule has 0 aliphatic rings. The van der Waals surface area contributed by atoms with Crippen LogP contribution in [0.5, 0.6) is 11.5 Å². The fourth-order valence-corrected chi connectivity index (χ4v) is 3.51. The average Bonchev–Trinajstić information content (AvgIpc) is 3.05. The van der Waals surface area contributed by atoms with Gasteiger partial charge in [-0.25, -0.2) is 0 Å². The smallest absolute Gasteiger partial charge is 0.264 e. The minimum absolute atomic E-state index is 0.0969. The number of hydrogen-bond acceptors (Lipinski definition) is 4. The van der Waals surface area contributed by atoms with Crippen LogP contribution in [0.1, 0.15) is 47.5 Å². The molecule has 2 rings (SSSR count). The van der Waals surface area contributed by atoms with Crippen molar-refractivity contribution >= 4 is 17.2 Å². The summed E-state index contributed by atoms with van der Waals surface area (Å²) >= 11 is 1.51. The summed E-state index contributed by atoms with van der Waals surface area (Å²) in [6, 6.07) is 7.88. The Morgan fingerprint density at radius 1 is 1.16 bits per heavy atom. The minimum Gasteiger partial charge on any atom is -0.493 e. The van der Waals surface area contributed by atoms with E-state index in [9.17, 15) is 4.79 Å². The lowest BCUT2D eigenvalue weighted by molar-refractivity contribution is 0.0747. The Morgan fingerprint density at radius 3 is 2.56 bits per heavy atom. The Morgan fingerprint density at radius 2 is 1.96 bits per heavy atom. The van der Waals surface area contributed by atoms with Gasteiger partial charge in [0, 0.05) is 13.1 Å². The number of carbonyl (C=O) groups excluding carboxylic acids is 1. The molecule has 0 unspecified atom stereocenters. The average molecular weight is 362 g/mol. The largest absolute Gasteiger partial charge is 0.493 e. The van der Waals surface area contributed by atoms with Gasteiger partial charge in [0.25, 0.3) is 5.91 Å². The molecule has 0 radical (unpaired) electrons. The number of thiophene rings is 1. The number of rotatable bonds is 9. The highest BCUT2D eigenvalue weighted by molar-refractivity contribution is 7.12. The summed E-state index contributed by atoms with van der Waals surface area (Å²) in [5.74, 6) is 1.55. The number of benzene rings is 1. The lowest BCUT2D eigenvalue weighted by Gasteiger charge is -2.22. The second-order valence-corrected chi connectivity index (χ2v) is 6.91. The second kappa shape index (κ2) is 9.47. The maximum Gasteiger partial charge on any atom is 0.264 e. The first-order valence-corrected chi connectivity index (χ1v) is 9.61. The molecule has 1 aromatic heterocycles. The highest BCUT2D eigenvalue weighted by Crippen LogP contribution is 2.29. The SMILES string of the molecule is CCCOc1ccc(CN(CCC)C(=O)c2sccc2C)cc1OC. The molecule has 0 spiro atoms. The Balaban J connectivity index is 2.18. The lowest BCUT2D eigenvalue weighted by Crippen LogP contribution is -2.31. The number of carbonyl (C=O) groups is 1. The molecule has 4 nitrogen and oxygen atoms in total. The summed E-state index contributed by atoms with van der Waals surface area (Å²) in [5.41, 5.74) is 2.08. The molecule has 2 aromatic rings. The Kier molecular flexibility index (Phi) is 7.31. The zero-order valence-corrected chi connectivity index (χ0v) is 16.3. The molecule has 0 atom stereocenters. The van der Waals surface area contributed by atoms with Gasteiger partial charge in [0.1, 0.15) is 0 Å². The maximum absolute atomic E-state index is 12.9. The van der Waals surface area contributed by atoms with E-state index in [1.165, 1.54) is 11.3 Å². The van der Waals surface area contributed by atoms with Gasteiger partial charge in [0.2, 0.25) is 0 Å². The summed E-state index contributed by atoms with van der Waals surface area (Å²) in [5, 5.41) is 1.97. The van der Waals surface area contributed by atoms with E-state index in [4.69, 9.17) is 9.47 Å². The summed E-state index contributed by atoms with van der Waals surface area (Å²) in [7, 11) is 1.64. The van der Waals surface area contributed by atoms with Crippen LogP contribution < -0.4 is 9.47 Å². The van der Waals surface area contributed by atoms with Gasteiger partial charge in [-0.2, -0.15) is 0 Å². The maximum atomic E-state index is 12.9. The molecule has 0 aliphatic heterocycles. The van der Waals surface area contributed by atoms with Crippen LogP contribution in [0.25, 0.3) is 0 Å². The van der Waals surface area contributed by atoms with E-state index < -0.39 is 0 Å². The number of hydrogen-bond donors (Lipinski definition) is 0. The third-order valence-corrected chi connectivity index (χ3v) is 4.90. The second-order valence-electron chi connectivity index (χ2n) is 5.99. The van der Waals surface area contributed by atoms with Gasteiger partial charge >= 0.3 is 0 Å². The van der Waals surface area contributed by atoms with Crippen LogP contribution in [0.4, 0.5) is 0 Å². The molecule has 25 heavy (non-hydrogen) atoms. The van der Waals surface area contributed by atoms with E-state index in [1.807, 2.05) is 41.5 Å². The van der Waals surface area contributed by atoms with E-state index in [1.54, 1.807) is 7.11 Å². The highest BCUT2D eigenvalue weighted by Gasteiger charge is 2.19. The summed E-state index contributed by atoms with van der Waals surface area (Å²) < 4.78 is 11.2. The first-order valence-electron chi connectivity index (χ1n) is 8.73. The van der Waals surface area contributed by atoms with Crippen molar-refractivity contribution in [1.29, 1.82) is 0 Å². The normalized spacial score (nSPS) is 10.6. The van der Waals surface area contributed by atoms with Crippen molar-refractivity contribution in [3.8, 4) is 11.5 Å². The molecule has 0 saturated carbocycles. The van der Waals surface area contributed by atoms with Gasteiger partial charge in [0.15, 0.2) is 11.5 Å². The predicted molar refractivity (Wildman–Crippen MR) is 103 cm³/mol. The predicted octanol–water partition coefficient (Wildman–Crippen LogP) is 4.91. The van der Waals surface area contributed by atoms with Gasteiger partial charge in [-0.15, -0.1) is 11.3 Å². The lowest BCUT2D eigenvalue weighted by atomic mass is 10.1. The van der Waals surface area contributed by atoms with Crippen LogP contribution in [0.15, 0.2) is 29.6 Å². The molecule has 0 saturated heterocycles. The molecule has 1 aromatic carbocycles. The summed E-state index contributed by atoms with van der Waals surface area (Å²) in [6.07, 6.45) is 1.87. The van der Waals surface area contributed by atoms with Crippen molar-refractivity contribution in [3.63, 3.8) is 0 Å². The third kappa shape index (κ3) is 4.98. The number of nitrogens with zero attached hydrogens (tertiary/aromatic N) is 1. The van der Waals surface area contributed by atoms with E-state index >= 15 is 0 Å². The van der Waals surface area contributed by atoms with Crippen LogP contribution in [0.3, 0.4) is 0 Å². The van der Waals surface area contributed by atoms with Gasteiger partial charge < -0.3 is 14.4 Å². The molecule has 1 amide bonds. The Hall–Kier alpha value is -2.01. The van der Waals surface area contributed by atoms with Gasteiger partial charge in [-0.05, 0) is 54.5 Å². The van der Waals surface area contributed by atoms with Crippen molar-refractivity contribution in [2.75, 3.05) is 20.3 Å². The molecule has 1 heterocycles.